The molecule has 3 rings (SSSR count). The van der Waals surface area contributed by atoms with Crippen LogP contribution in [-0.4, -0.2) is 49.7 Å². The number of rotatable bonds is 6. The zero-order chi connectivity index (χ0) is 19.1. The molecule has 2 N–H and O–H groups in total. The molecule has 1 saturated heterocycles. The fourth-order valence-corrected chi connectivity index (χ4v) is 3.42. The predicted molar refractivity (Wildman–Crippen MR) is 113 cm³/mol. The highest BCUT2D eigenvalue weighted by molar-refractivity contribution is 5.89. The van der Waals surface area contributed by atoms with E-state index in [1.165, 1.54) is 11.3 Å². The SMILES string of the molecule is Cc1cccc(N2CCN(CC[C@@H](C)NC(=O)Nc3ccccc3)CC2)c1. The van der Waals surface area contributed by atoms with Crippen LogP contribution in [0.15, 0.2) is 54.6 Å². The van der Waals surface area contributed by atoms with Gasteiger partial charge in [-0.2, -0.15) is 0 Å². The number of amides is 2. The van der Waals surface area contributed by atoms with E-state index < -0.39 is 0 Å². The van der Waals surface area contributed by atoms with Crippen LogP contribution in [0.25, 0.3) is 0 Å². The van der Waals surface area contributed by atoms with E-state index >= 15 is 0 Å². The Kier molecular flexibility index (Phi) is 6.71. The maximum absolute atomic E-state index is 12.1. The van der Waals surface area contributed by atoms with E-state index in [0.29, 0.717) is 0 Å². The molecule has 0 radical (unpaired) electrons. The van der Waals surface area contributed by atoms with Crippen molar-refractivity contribution >= 4 is 17.4 Å². The summed E-state index contributed by atoms with van der Waals surface area (Å²) in [4.78, 5) is 17.0. The second-order valence-corrected chi connectivity index (χ2v) is 7.32. The number of urea groups is 1. The summed E-state index contributed by atoms with van der Waals surface area (Å²) >= 11 is 0. The van der Waals surface area contributed by atoms with Crippen molar-refractivity contribution in [3.05, 3.63) is 60.2 Å². The van der Waals surface area contributed by atoms with Gasteiger partial charge in [0.15, 0.2) is 0 Å². The highest BCUT2D eigenvalue weighted by atomic mass is 16.2. The molecular formula is C22H30N4O. The molecule has 0 spiro atoms. The summed E-state index contributed by atoms with van der Waals surface area (Å²) in [6.45, 7) is 9.46. The molecule has 1 heterocycles. The second kappa shape index (κ2) is 9.42. The van der Waals surface area contributed by atoms with E-state index in [4.69, 9.17) is 0 Å². The molecule has 1 atom stereocenters. The number of para-hydroxylation sites is 1. The number of anilines is 2. The van der Waals surface area contributed by atoms with E-state index in [-0.39, 0.29) is 12.1 Å². The first-order chi connectivity index (χ1) is 13.1. The smallest absolute Gasteiger partial charge is 0.319 e. The molecule has 2 aromatic carbocycles. The van der Waals surface area contributed by atoms with Crippen molar-refractivity contribution in [2.45, 2.75) is 26.3 Å². The Morgan fingerprint density at radius 2 is 1.78 bits per heavy atom. The third-order valence-corrected chi connectivity index (χ3v) is 5.03. The summed E-state index contributed by atoms with van der Waals surface area (Å²) in [7, 11) is 0. The van der Waals surface area contributed by atoms with Crippen molar-refractivity contribution in [1.82, 2.24) is 10.2 Å². The Bertz CT molecular complexity index is 726. The topological polar surface area (TPSA) is 47.6 Å². The van der Waals surface area contributed by atoms with Gasteiger partial charge in [-0.3, -0.25) is 4.90 Å². The van der Waals surface area contributed by atoms with Gasteiger partial charge in [-0.15, -0.1) is 0 Å². The van der Waals surface area contributed by atoms with Crippen molar-refractivity contribution in [1.29, 1.82) is 0 Å². The van der Waals surface area contributed by atoms with Crippen molar-refractivity contribution < 1.29 is 4.79 Å². The van der Waals surface area contributed by atoms with Crippen molar-refractivity contribution in [3.8, 4) is 0 Å². The summed E-state index contributed by atoms with van der Waals surface area (Å²) in [5.74, 6) is 0. The lowest BCUT2D eigenvalue weighted by Crippen LogP contribution is -2.47. The Hall–Kier alpha value is -2.53. The van der Waals surface area contributed by atoms with Crippen LogP contribution in [0.1, 0.15) is 18.9 Å². The molecule has 0 saturated carbocycles. The van der Waals surface area contributed by atoms with Crippen molar-refractivity contribution in [2.75, 3.05) is 42.9 Å². The molecule has 27 heavy (non-hydrogen) atoms. The molecule has 5 heteroatoms. The maximum atomic E-state index is 12.1. The first-order valence-corrected chi connectivity index (χ1v) is 9.77. The molecular weight excluding hydrogens is 336 g/mol. The summed E-state index contributed by atoms with van der Waals surface area (Å²) in [6.07, 6.45) is 0.951. The third-order valence-electron chi connectivity index (χ3n) is 5.03. The standard InChI is InChI=1S/C22H30N4O/c1-18-7-6-10-21(17-18)26-15-13-25(14-16-26)12-11-19(2)23-22(27)24-20-8-4-3-5-9-20/h3-10,17,19H,11-16H2,1-2H3,(H2,23,24,27)/t19-/m1/s1. The number of benzene rings is 2. The van der Waals surface area contributed by atoms with Crippen LogP contribution in [0.5, 0.6) is 0 Å². The van der Waals surface area contributed by atoms with Crippen LogP contribution in [0, 0.1) is 6.92 Å². The molecule has 1 fully saturated rings. The van der Waals surface area contributed by atoms with E-state index in [1.54, 1.807) is 0 Å². The van der Waals surface area contributed by atoms with E-state index in [0.717, 1.165) is 44.8 Å². The molecule has 1 aliphatic heterocycles. The minimum atomic E-state index is -0.141. The summed E-state index contributed by atoms with van der Waals surface area (Å²) in [5, 5.41) is 5.89. The molecule has 2 amide bonds. The minimum Gasteiger partial charge on any atom is -0.369 e. The Morgan fingerprint density at radius 3 is 2.48 bits per heavy atom. The van der Waals surface area contributed by atoms with Gasteiger partial charge in [0.1, 0.15) is 0 Å². The Morgan fingerprint density at radius 1 is 1.04 bits per heavy atom. The van der Waals surface area contributed by atoms with Crippen molar-refractivity contribution in [3.63, 3.8) is 0 Å². The average Bonchev–Trinajstić information content (AvgIpc) is 2.67. The molecule has 0 aliphatic carbocycles. The molecule has 0 unspecified atom stereocenters. The minimum absolute atomic E-state index is 0.141. The monoisotopic (exact) mass is 366 g/mol. The Balaban J connectivity index is 1.36. The molecule has 144 valence electrons. The van der Waals surface area contributed by atoms with Gasteiger partial charge in [-0.25, -0.2) is 4.79 Å². The van der Waals surface area contributed by atoms with Gasteiger partial charge >= 0.3 is 6.03 Å². The molecule has 2 aromatic rings. The van der Waals surface area contributed by atoms with Crippen LogP contribution in [-0.2, 0) is 0 Å². The second-order valence-electron chi connectivity index (χ2n) is 7.32. The normalized spacial score (nSPS) is 16.0. The number of nitrogens with zero attached hydrogens (tertiary/aromatic N) is 2. The van der Waals surface area contributed by atoms with Crippen LogP contribution >= 0.6 is 0 Å². The predicted octanol–water partition coefficient (Wildman–Crippen LogP) is 3.72. The number of hydrogen-bond acceptors (Lipinski definition) is 3. The van der Waals surface area contributed by atoms with E-state index in [2.05, 4.69) is 58.5 Å². The average molecular weight is 367 g/mol. The van der Waals surface area contributed by atoms with Gasteiger partial charge in [0.05, 0.1) is 0 Å². The van der Waals surface area contributed by atoms with Crippen LogP contribution in [0.2, 0.25) is 0 Å². The largest absolute Gasteiger partial charge is 0.369 e. The fraction of sp³-hybridized carbons (Fsp3) is 0.409. The number of aryl methyl sites for hydroxylation is 1. The van der Waals surface area contributed by atoms with E-state index in [1.807, 2.05) is 30.3 Å². The number of nitrogens with one attached hydrogen (secondary N) is 2. The maximum Gasteiger partial charge on any atom is 0.319 e. The Labute approximate surface area is 162 Å². The lowest BCUT2D eigenvalue weighted by Gasteiger charge is -2.36. The fourth-order valence-electron chi connectivity index (χ4n) is 3.42. The van der Waals surface area contributed by atoms with Gasteiger partial charge in [-0.05, 0) is 50.1 Å². The quantitative estimate of drug-likeness (QED) is 0.819. The number of hydrogen-bond donors (Lipinski definition) is 2. The number of carbonyl (C=O) groups excluding carboxylic acids is 1. The van der Waals surface area contributed by atoms with Crippen molar-refractivity contribution in [2.24, 2.45) is 0 Å². The summed E-state index contributed by atoms with van der Waals surface area (Å²) in [6, 6.07) is 18.3. The number of carbonyl (C=O) groups is 1. The molecule has 0 bridgehead atoms. The van der Waals surface area contributed by atoms with Gasteiger partial charge in [-0.1, -0.05) is 30.3 Å². The van der Waals surface area contributed by atoms with Gasteiger partial charge in [0, 0.05) is 50.1 Å². The van der Waals surface area contributed by atoms with E-state index in [9.17, 15) is 4.79 Å². The number of piperazine rings is 1. The lowest BCUT2D eigenvalue weighted by atomic mass is 10.1. The van der Waals surface area contributed by atoms with Gasteiger partial charge in [0.25, 0.3) is 0 Å². The summed E-state index contributed by atoms with van der Waals surface area (Å²) < 4.78 is 0. The summed E-state index contributed by atoms with van der Waals surface area (Å²) in [5.41, 5.74) is 3.44. The van der Waals surface area contributed by atoms with Crippen LogP contribution < -0.4 is 15.5 Å². The third kappa shape index (κ3) is 6.00. The zero-order valence-corrected chi connectivity index (χ0v) is 16.3. The van der Waals surface area contributed by atoms with Gasteiger partial charge < -0.3 is 15.5 Å². The highest BCUT2D eigenvalue weighted by Crippen LogP contribution is 2.18. The zero-order valence-electron chi connectivity index (χ0n) is 16.3. The van der Waals surface area contributed by atoms with Crippen LogP contribution in [0.3, 0.4) is 0 Å². The van der Waals surface area contributed by atoms with Crippen LogP contribution in [0.4, 0.5) is 16.2 Å². The first kappa shape index (κ1) is 19.2. The molecule has 5 nitrogen and oxygen atoms in total. The highest BCUT2D eigenvalue weighted by Gasteiger charge is 2.18. The lowest BCUT2D eigenvalue weighted by molar-refractivity contribution is 0.235. The molecule has 1 aliphatic rings. The molecule has 0 aromatic heterocycles. The first-order valence-electron chi connectivity index (χ1n) is 9.77. The van der Waals surface area contributed by atoms with Gasteiger partial charge in [0.2, 0.25) is 0 Å².